The average molecular weight is 335 g/mol. The van der Waals surface area contributed by atoms with Gasteiger partial charge in [-0.15, -0.1) is 0 Å². The molecule has 0 spiro atoms. The maximum absolute atomic E-state index is 14.2. The van der Waals surface area contributed by atoms with Crippen LogP contribution in [0.2, 0.25) is 0 Å². The molecule has 0 radical (unpaired) electrons. The van der Waals surface area contributed by atoms with Crippen LogP contribution in [-0.2, 0) is 9.53 Å². The molecule has 1 aliphatic carbocycles. The van der Waals surface area contributed by atoms with Crippen LogP contribution < -0.4 is 16.4 Å². The summed E-state index contributed by atoms with van der Waals surface area (Å²) in [5, 5.41) is 5.90. The predicted molar refractivity (Wildman–Crippen MR) is 92.4 cm³/mol. The van der Waals surface area contributed by atoms with Gasteiger partial charge in [0.15, 0.2) is 0 Å². The second-order valence-corrected chi connectivity index (χ2v) is 6.73. The minimum atomic E-state index is -0.368. The fourth-order valence-corrected chi connectivity index (χ4v) is 3.66. The van der Waals surface area contributed by atoms with Gasteiger partial charge in [-0.3, -0.25) is 4.79 Å². The molecule has 2 fully saturated rings. The Morgan fingerprint density at radius 2 is 2.17 bits per heavy atom. The fraction of sp³-hybridized carbons (Fsp3) is 0.611. The number of rotatable bonds is 6. The van der Waals surface area contributed by atoms with Crippen molar-refractivity contribution in [3.05, 3.63) is 24.0 Å². The maximum Gasteiger partial charge on any atom is 0.227 e. The first-order chi connectivity index (χ1) is 11.7. The van der Waals surface area contributed by atoms with Crippen LogP contribution in [0.4, 0.5) is 15.8 Å². The highest BCUT2D eigenvalue weighted by Crippen LogP contribution is 2.32. The lowest BCUT2D eigenvalue weighted by atomic mass is 9.95. The van der Waals surface area contributed by atoms with Crippen molar-refractivity contribution in [3.8, 4) is 0 Å². The third-order valence-corrected chi connectivity index (χ3v) is 5.08. The number of benzene rings is 1. The SMILES string of the molecule is NC[C@H]1CCC[C@H]1C(=O)Nc1ccc(NCC2CCCO2)c(F)c1. The molecule has 3 atom stereocenters. The zero-order valence-corrected chi connectivity index (χ0v) is 13.9. The van der Waals surface area contributed by atoms with Crippen molar-refractivity contribution in [2.75, 3.05) is 30.3 Å². The monoisotopic (exact) mass is 335 g/mol. The van der Waals surface area contributed by atoms with Crippen LogP contribution in [0.3, 0.4) is 0 Å². The molecule has 1 aromatic carbocycles. The number of ether oxygens (including phenoxy) is 1. The van der Waals surface area contributed by atoms with E-state index in [0.717, 1.165) is 38.7 Å². The number of hydrogen-bond donors (Lipinski definition) is 3. The lowest BCUT2D eigenvalue weighted by Crippen LogP contribution is -2.29. The van der Waals surface area contributed by atoms with E-state index in [2.05, 4.69) is 10.6 Å². The van der Waals surface area contributed by atoms with Gasteiger partial charge in [-0.2, -0.15) is 0 Å². The largest absolute Gasteiger partial charge is 0.380 e. The Labute approximate surface area is 142 Å². The lowest BCUT2D eigenvalue weighted by molar-refractivity contribution is -0.120. The molecule has 1 saturated carbocycles. The van der Waals surface area contributed by atoms with E-state index in [1.165, 1.54) is 6.07 Å². The molecule has 24 heavy (non-hydrogen) atoms. The lowest BCUT2D eigenvalue weighted by Gasteiger charge is -2.18. The second kappa shape index (κ2) is 7.94. The molecule has 1 unspecified atom stereocenters. The summed E-state index contributed by atoms with van der Waals surface area (Å²) in [4.78, 5) is 12.4. The first kappa shape index (κ1) is 17.2. The first-order valence-electron chi connectivity index (χ1n) is 8.83. The van der Waals surface area contributed by atoms with E-state index >= 15 is 0 Å². The summed E-state index contributed by atoms with van der Waals surface area (Å²) in [7, 11) is 0. The molecule has 6 heteroatoms. The third kappa shape index (κ3) is 4.05. The zero-order chi connectivity index (χ0) is 16.9. The Hall–Kier alpha value is -1.66. The van der Waals surface area contributed by atoms with Crippen molar-refractivity contribution in [1.29, 1.82) is 0 Å². The summed E-state index contributed by atoms with van der Waals surface area (Å²) in [5.74, 6) is -0.243. The molecule has 1 amide bonds. The predicted octanol–water partition coefficient (Wildman–Crippen LogP) is 2.73. The molecule has 5 nitrogen and oxygen atoms in total. The Bertz CT molecular complexity index is 575. The van der Waals surface area contributed by atoms with Crippen molar-refractivity contribution in [2.24, 2.45) is 17.6 Å². The number of hydrogen-bond acceptors (Lipinski definition) is 4. The standard InChI is InChI=1S/C18H26FN3O2/c19-16-9-13(22-18(23)15-5-1-3-12(15)10-20)6-7-17(16)21-11-14-4-2-8-24-14/h6-7,9,12,14-15,21H,1-5,8,10-11,20H2,(H,22,23)/t12-,14?,15-/m1/s1. The number of carbonyl (C=O) groups excluding carboxylic acids is 1. The molecule has 132 valence electrons. The molecular weight excluding hydrogens is 309 g/mol. The molecule has 4 N–H and O–H groups in total. The van der Waals surface area contributed by atoms with E-state index < -0.39 is 0 Å². The van der Waals surface area contributed by atoms with Gasteiger partial charge in [0.05, 0.1) is 11.8 Å². The van der Waals surface area contributed by atoms with Crippen molar-refractivity contribution < 1.29 is 13.9 Å². The van der Waals surface area contributed by atoms with Gasteiger partial charge >= 0.3 is 0 Å². The molecular formula is C18H26FN3O2. The molecule has 3 rings (SSSR count). The summed E-state index contributed by atoms with van der Waals surface area (Å²) in [5.41, 5.74) is 6.65. The Kier molecular flexibility index (Phi) is 5.68. The van der Waals surface area contributed by atoms with E-state index in [9.17, 15) is 9.18 Å². The molecule has 1 aromatic rings. The highest BCUT2D eigenvalue weighted by molar-refractivity contribution is 5.93. The molecule has 0 bridgehead atoms. The Balaban J connectivity index is 1.56. The summed E-state index contributed by atoms with van der Waals surface area (Å²) in [6, 6.07) is 4.75. The van der Waals surface area contributed by atoms with Gasteiger partial charge in [0, 0.05) is 24.8 Å². The highest BCUT2D eigenvalue weighted by atomic mass is 19.1. The van der Waals surface area contributed by atoms with Crippen molar-refractivity contribution in [3.63, 3.8) is 0 Å². The first-order valence-corrected chi connectivity index (χ1v) is 8.83. The van der Waals surface area contributed by atoms with Crippen LogP contribution in [0.5, 0.6) is 0 Å². The summed E-state index contributed by atoms with van der Waals surface area (Å²) < 4.78 is 19.7. The summed E-state index contributed by atoms with van der Waals surface area (Å²) in [6.07, 6.45) is 5.10. The Morgan fingerprint density at radius 3 is 2.88 bits per heavy atom. The van der Waals surface area contributed by atoms with Gasteiger partial charge in [0.25, 0.3) is 0 Å². The van der Waals surface area contributed by atoms with Crippen molar-refractivity contribution in [1.82, 2.24) is 0 Å². The number of carbonyl (C=O) groups is 1. The fourth-order valence-electron chi connectivity index (χ4n) is 3.66. The minimum absolute atomic E-state index is 0.0533. The van der Waals surface area contributed by atoms with Crippen LogP contribution in [0.25, 0.3) is 0 Å². The minimum Gasteiger partial charge on any atom is -0.380 e. The molecule has 0 aromatic heterocycles. The Morgan fingerprint density at radius 1 is 1.29 bits per heavy atom. The average Bonchev–Trinajstić information content (AvgIpc) is 3.25. The number of nitrogens with one attached hydrogen (secondary N) is 2. The van der Waals surface area contributed by atoms with Gasteiger partial charge in [0.1, 0.15) is 5.82 Å². The van der Waals surface area contributed by atoms with Crippen LogP contribution in [0.15, 0.2) is 18.2 Å². The van der Waals surface area contributed by atoms with Gasteiger partial charge in [-0.1, -0.05) is 6.42 Å². The van der Waals surface area contributed by atoms with E-state index in [0.29, 0.717) is 24.5 Å². The molecule has 1 saturated heterocycles. The highest BCUT2D eigenvalue weighted by Gasteiger charge is 2.31. The topological polar surface area (TPSA) is 76.4 Å². The normalized spacial score (nSPS) is 26.5. The number of halogens is 1. The zero-order valence-electron chi connectivity index (χ0n) is 13.9. The molecule has 2 aliphatic rings. The van der Waals surface area contributed by atoms with E-state index in [4.69, 9.17) is 10.5 Å². The number of amides is 1. The number of nitrogens with two attached hydrogens (primary N) is 1. The smallest absolute Gasteiger partial charge is 0.227 e. The third-order valence-electron chi connectivity index (χ3n) is 5.08. The van der Waals surface area contributed by atoms with E-state index in [1.807, 2.05) is 0 Å². The van der Waals surface area contributed by atoms with Crippen LogP contribution in [0, 0.1) is 17.7 Å². The van der Waals surface area contributed by atoms with Crippen molar-refractivity contribution in [2.45, 2.75) is 38.2 Å². The molecule has 1 aliphatic heterocycles. The van der Waals surface area contributed by atoms with Gasteiger partial charge < -0.3 is 21.1 Å². The van der Waals surface area contributed by atoms with Crippen LogP contribution >= 0.6 is 0 Å². The summed E-state index contributed by atoms with van der Waals surface area (Å²) in [6.45, 7) is 1.91. The maximum atomic E-state index is 14.2. The quantitative estimate of drug-likeness (QED) is 0.747. The van der Waals surface area contributed by atoms with Gasteiger partial charge in [0.2, 0.25) is 5.91 Å². The summed E-state index contributed by atoms with van der Waals surface area (Å²) >= 11 is 0. The van der Waals surface area contributed by atoms with Gasteiger partial charge in [-0.25, -0.2) is 4.39 Å². The van der Waals surface area contributed by atoms with Crippen molar-refractivity contribution >= 4 is 17.3 Å². The van der Waals surface area contributed by atoms with Gasteiger partial charge in [-0.05, 0) is 56.3 Å². The van der Waals surface area contributed by atoms with Crippen LogP contribution in [-0.4, -0.2) is 31.7 Å². The number of anilines is 2. The van der Waals surface area contributed by atoms with E-state index in [1.54, 1.807) is 12.1 Å². The van der Waals surface area contributed by atoms with Crippen LogP contribution in [0.1, 0.15) is 32.1 Å². The second-order valence-electron chi connectivity index (χ2n) is 6.73. The van der Waals surface area contributed by atoms with E-state index in [-0.39, 0.29) is 29.7 Å². The molecule has 1 heterocycles.